The largest absolute Gasteiger partial charge is 0.494 e. The Hall–Kier alpha value is -1.19. The lowest BCUT2D eigenvalue weighted by molar-refractivity contribution is 0.410. The van der Waals surface area contributed by atoms with E-state index in [4.69, 9.17) is 32.7 Å². The van der Waals surface area contributed by atoms with Gasteiger partial charge in [0.05, 0.1) is 29.7 Å². The molecule has 0 spiro atoms. The zero-order chi connectivity index (χ0) is 13.4. The summed E-state index contributed by atoms with van der Waals surface area (Å²) in [7, 11) is 3.13. The zero-order valence-electron chi connectivity index (χ0n) is 10.6. The van der Waals surface area contributed by atoms with E-state index in [1.165, 1.54) is 0 Å². The van der Waals surface area contributed by atoms with Crippen molar-refractivity contribution in [3.63, 3.8) is 0 Å². The monoisotopic (exact) mass is 285 g/mol. The number of aromatic nitrogens is 1. The van der Waals surface area contributed by atoms with E-state index in [0.717, 1.165) is 11.3 Å². The molecule has 0 bridgehead atoms. The molecule has 0 saturated carbocycles. The number of methoxy groups -OCH3 is 2. The molecule has 96 valence electrons. The van der Waals surface area contributed by atoms with E-state index in [1.807, 2.05) is 13.8 Å². The van der Waals surface area contributed by atoms with Gasteiger partial charge in [-0.2, -0.15) is 0 Å². The Morgan fingerprint density at radius 3 is 2.33 bits per heavy atom. The van der Waals surface area contributed by atoms with E-state index in [-0.39, 0.29) is 0 Å². The highest BCUT2D eigenvalue weighted by Crippen LogP contribution is 2.43. The van der Waals surface area contributed by atoms with Crippen LogP contribution in [0, 0.1) is 13.8 Å². The van der Waals surface area contributed by atoms with Crippen molar-refractivity contribution in [3.8, 4) is 11.5 Å². The average Bonchev–Trinajstić information content (AvgIpc) is 2.36. The molecule has 1 heterocycles. The van der Waals surface area contributed by atoms with E-state index >= 15 is 0 Å². The Balaban J connectivity index is 3.03. The van der Waals surface area contributed by atoms with Crippen LogP contribution in [0.5, 0.6) is 11.5 Å². The summed E-state index contributed by atoms with van der Waals surface area (Å²) in [5.41, 5.74) is 2.42. The molecule has 0 aliphatic carbocycles. The second-order valence-corrected chi connectivity index (χ2v) is 4.74. The summed E-state index contributed by atoms with van der Waals surface area (Å²) >= 11 is 12.5. The van der Waals surface area contributed by atoms with E-state index in [2.05, 4.69) is 4.98 Å². The SMILES string of the molecule is COc1cc(Cl)c(OC)c2c(Cl)c(C)c(C)nc12. The Labute approximate surface area is 116 Å². The van der Waals surface area contributed by atoms with Gasteiger partial charge in [0.1, 0.15) is 17.0 Å². The molecule has 2 rings (SSSR count). The van der Waals surface area contributed by atoms with Crippen LogP contribution in [0.4, 0.5) is 0 Å². The van der Waals surface area contributed by atoms with Gasteiger partial charge in [0.15, 0.2) is 0 Å². The molecule has 5 heteroatoms. The first-order valence-corrected chi connectivity index (χ1v) is 6.13. The molecule has 2 aromatic rings. The van der Waals surface area contributed by atoms with Crippen molar-refractivity contribution in [1.29, 1.82) is 0 Å². The number of halogens is 2. The number of fused-ring (bicyclic) bond motifs is 1. The molecule has 0 atom stereocenters. The number of pyridine rings is 1. The van der Waals surface area contributed by atoms with Gasteiger partial charge >= 0.3 is 0 Å². The number of nitrogens with zero attached hydrogens (tertiary/aromatic N) is 1. The van der Waals surface area contributed by atoms with Crippen LogP contribution >= 0.6 is 23.2 Å². The summed E-state index contributed by atoms with van der Waals surface area (Å²) in [6.07, 6.45) is 0. The van der Waals surface area contributed by atoms with Crippen molar-refractivity contribution >= 4 is 34.1 Å². The molecule has 0 aliphatic rings. The summed E-state index contributed by atoms with van der Waals surface area (Å²) in [4.78, 5) is 4.51. The fourth-order valence-corrected chi connectivity index (χ4v) is 2.45. The highest BCUT2D eigenvalue weighted by Gasteiger charge is 2.18. The van der Waals surface area contributed by atoms with Crippen molar-refractivity contribution in [2.75, 3.05) is 14.2 Å². The van der Waals surface area contributed by atoms with Crippen molar-refractivity contribution in [3.05, 3.63) is 27.4 Å². The van der Waals surface area contributed by atoms with E-state index in [9.17, 15) is 0 Å². The first-order valence-electron chi connectivity index (χ1n) is 5.38. The van der Waals surface area contributed by atoms with Crippen molar-refractivity contribution < 1.29 is 9.47 Å². The second kappa shape index (κ2) is 4.82. The Kier molecular flexibility index (Phi) is 3.55. The molecular formula is C13H13Cl2NO2. The molecule has 0 radical (unpaired) electrons. The Bertz CT molecular complexity index is 626. The zero-order valence-corrected chi connectivity index (χ0v) is 12.1. The summed E-state index contributed by atoms with van der Waals surface area (Å²) in [5, 5.41) is 1.73. The van der Waals surface area contributed by atoms with Gasteiger partial charge in [-0.1, -0.05) is 23.2 Å². The lowest BCUT2D eigenvalue weighted by Crippen LogP contribution is -1.97. The number of aryl methyl sites for hydroxylation is 1. The maximum atomic E-state index is 6.38. The van der Waals surface area contributed by atoms with Gasteiger partial charge in [0, 0.05) is 11.8 Å². The minimum atomic E-state index is 0.453. The van der Waals surface area contributed by atoms with Gasteiger partial charge in [-0.05, 0) is 19.4 Å². The smallest absolute Gasteiger partial charge is 0.148 e. The summed E-state index contributed by atoms with van der Waals surface area (Å²) in [6.45, 7) is 3.82. The van der Waals surface area contributed by atoms with Gasteiger partial charge in [-0.3, -0.25) is 0 Å². The van der Waals surface area contributed by atoms with Crippen LogP contribution < -0.4 is 9.47 Å². The van der Waals surface area contributed by atoms with E-state index in [1.54, 1.807) is 20.3 Å². The lowest BCUT2D eigenvalue weighted by atomic mass is 10.1. The quantitative estimate of drug-likeness (QED) is 0.830. The van der Waals surface area contributed by atoms with Crippen LogP contribution in [0.2, 0.25) is 10.0 Å². The molecular weight excluding hydrogens is 273 g/mol. The number of rotatable bonds is 2. The highest BCUT2D eigenvalue weighted by molar-refractivity contribution is 6.39. The lowest BCUT2D eigenvalue weighted by Gasteiger charge is -2.14. The minimum Gasteiger partial charge on any atom is -0.494 e. The fourth-order valence-electron chi connectivity index (χ4n) is 1.87. The van der Waals surface area contributed by atoms with Crippen molar-refractivity contribution in [2.24, 2.45) is 0 Å². The van der Waals surface area contributed by atoms with Crippen LogP contribution in [0.3, 0.4) is 0 Å². The molecule has 18 heavy (non-hydrogen) atoms. The highest BCUT2D eigenvalue weighted by atomic mass is 35.5. The summed E-state index contributed by atoms with van der Waals surface area (Å²) in [6, 6.07) is 1.68. The van der Waals surface area contributed by atoms with Crippen molar-refractivity contribution in [1.82, 2.24) is 4.98 Å². The maximum absolute atomic E-state index is 6.38. The molecule has 1 aromatic carbocycles. The van der Waals surface area contributed by atoms with Crippen LogP contribution in [0.25, 0.3) is 10.9 Å². The molecule has 0 unspecified atom stereocenters. The summed E-state index contributed by atoms with van der Waals surface area (Å²) in [5.74, 6) is 1.11. The Morgan fingerprint density at radius 2 is 1.78 bits per heavy atom. The molecule has 0 aliphatic heterocycles. The molecule has 0 saturated heterocycles. The van der Waals surface area contributed by atoms with Crippen LogP contribution in [-0.4, -0.2) is 19.2 Å². The van der Waals surface area contributed by atoms with E-state index < -0.39 is 0 Å². The standard InChI is InChI=1S/C13H13Cl2NO2/c1-6-7(2)16-12-9(17-3)5-8(14)13(18-4)10(12)11(6)15/h5H,1-4H3. The van der Waals surface area contributed by atoms with Crippen LogP contribution in [0.1, 0.15) is 11.3 Å². The van der Waals surface area contributed by atoms with Gasteiger partial charge in [-0.15, -0.1) is 0 Å². The van der Waals surface area contributed by atoms with Gasteiger partial charge in [-0.25, -0.2) is 4.98 Å². The third kappa shape index (κ3) is 1.88. The first kappa shape index (κ1) is 13.2. The number of hydrogen-bond acceptors (Lipinski definition) is 3. The van der Waals surface area contributed by atoms with Crippen LogP contribution in [0.15, 0.2) is 6.07 Å². The summed E-state index contributed by atoms with van der Waals surface area (Å²) < 4.78 is 10.6. The third-order valence-corrected chi connectivity index (χ3v) is 3.72. The normalized spacial score (nSPS) is 10.8. The fraction of sp³-hybridized carbons (Fsp3) is 0.308. The molecule has 0 amide bonds. The van der Waals surface area contributed by atoms with Gasteiger partial charge in [0.25, 0.3) is 0 Å². The minimum absolute atomic E-state index is 0.453. The number of benzene rings is 1. The van der Waals surface area contributed by atoms with Gasteiger partial charge in [0.2, 0.25) is 0 Å². The second-order valence-electron chi connectivity index (χ2n) is 3.95. The van der Waals surface area contributed by atoms with Crippen LogP contribution in [-0.2, 0) is 0 Å². The average molecular weight is 286 g/mol. The topological polar surface area (TPSA) is 31.4 Å². The number of hydrogen-bond donors (Lipinski definition) is 0. The number of ether oxygens (including phenoxy) is 2. The Morgan fingerprint density at radius 1 is 1.11 bits per heavy atom. The molecule has 1 aromatic heterocycles. The van der Waals surface area contributed by atoms with Gasteiger partial charge < -0.3 is 9.47 Å². The molecule has 0 N–H and O–H groups in total. The van der Waals surface area contributed by atoms with Crippen molar-refractivity contribution in [2.45, 2.75) is 13.8 Å². The molecule has 0 fully saturated rings. The predicted molar refractivity (Wildman–Crippen MR) is 74.3 cm³/mol. The maximum Gasteiger partial charge on any atom is 0.148 e. The third-order valence-electron chi connectivity index (χ3n) is 2.97. The van der Waals surface area contributed by atoms with E-state index in [0.29, 0.717) is 32.4 Å². The predicted octanol–water partition coefficient (Wildman–Crippen LogP) is 4.18. The first-order chi connectivity index (χ1) is 8.51. The molecule has 3 nitrogen and oxygen atoms in total.